The molecular weight excluding hydrogens is 152 g/mol. The first kappa shape index (κ1) is 9.00. The molecule has 0 spiro atoms. The summed E-state index contributed by atoms with van der Waals surface area (Å²) in [4.78, 5) is 4.17. The van der Waals surface area contributed by atoms with Crippen molar-refractivity contribution in [2.24, 2.45) is 5.73 Å². The predicted octanol–water partition coefficient (Wildman–Crippen LogP) is 1.28. The van der Waals surface area contributed by atoms with Gasteiger partial charge in [-0.2, -0.15) is 0 Å². The van der Waals surface area contributed by atoms with Gasteiger partial charge in [0.1, 0.15) is 5.75 Å². The van der Waals surface area contributed by atoms with E-state index in [4.69, 9.17) is 10.5 Å². The molecule has 0 radical (unpaired) electrons. The minimum atomic E-state index is -0.383. The molecule has 0 fully saturated rings. The Morgan fingerprint density at radius 2 is 2.08 bits per heavy atom. The minimum Gasteiger partial charge on any atom is -0.495 e. The molecule has 0 atom stereocenters. The van der Waals surface area contributed by atoms with E-state index in [0.717, 1.165) is 11.4 Å². The second-order valence-electron chi connectivity index (χ2n) is 3.30. The molecule has 3 heteroatoms. The Labute approximate surface area is 72.6 Å². The van der Waals surface area contributed by atoms with Gasteiger partial charge in [-0.3, -0.25) is 4.98 Å². The summed E-state index contributed by atoms with van der Waals surface area (Å²) in [6.45, 7) is 3.84. The summed E-state index contributed by atoms with van der Waals surface area (Å²) in [6.07, 6.45) is 1.67. The molecule has 0 unspecified atom stereocenters. The molecule has 1 heterocycles. The van der Waals surface area contributed by atoms with Gasteiger partial charge in [0.15, 0.2) is 0 Å². The van der Waals surface area contributed by atoms with Crippen LogP contribution in [-0.2, 0) is 5.54 Å². The highest BCUT2D eigenvalue weighted by atomic mass is 16.5. The third-order valence-electron chi connectivity index (χ3n) is 1.63. The lowest BCUT2D eigenvalue weighted by Crippen LogP contribution is -2.29. The number of methoxy groups -OCH3 is 1. The maximum Gasteiger partial charge on any atom is 0.137 e. The minimum absolute atomic E-state index is 0.383. The van der Waals surface area contributed by atoms with Gasteiger partial charge < -0.3 is 10.5 Å². The highest BCUT2D eigenvalue weighted by Crippen LogP contribution is 2.16. The number of rotatable bonds is 2. The lowest BCUT2D eigenvalue weighted by molar-refractivity contribution is 0.411. The van der Waals surface area contributed by atoms with E-state index in [-0.39, 0.29) is 5.54 Å². The number of ether oxygens (including phenoxy) is 1. The Morgan fingerprint density at radius 3 is 2.42 bits per heavy atom. The molecule has 2 N–H and O–H groups in total. The van der Waals surface area contributed by atoms with Crippen molar-refractivity contribution in [3.05, 3.63) is 24.0 Å². The monoisotopic (exact) mass is 166 g/mol. The molecule has 1 aromatic heterocycles. The summed E-state index contributed by atoms with van der Waals surface area (Å²) in [6, 6.07) is 3.73. The zero-order valence-corrected chi connectivity index (χ0v) is 7.66. The molecule has 0 aliphatic rings. The van der Waals surface area contributed by atoms with E-state index in [0.29, 0.717) is 0 Å². The van der Waals surface area contributed by atoms with E-state index in [1.165, 1.54) is 0 Å². The molecule has 0 aliphatic heterocycles. The first-order valence-corrected chi connectivity index (χ1v) is 3.83. The number of hydrogen-bond acceptors (Lipinski definition) is 3. The highest BCUT2D eigenvalue weighted by molar-refractivity contribution is 5.22. The Balaban J connectivity index is 2.93. The smallest absolute Gasteiger partial charge is 0.137 e. The summed E-state index contributed by atoms with van der Waals surface area (Å²) in [5.41, 5.74) is 6.33. The van der Waals surface area contributed by atoms with Crippen molar-refractivity contribution >= 4 is 0 Å². The van der Waals surface area contributed by atoms with Gasteiger partial charge in [-0.25, -0.2) is 0 Å². The number of hydrogen-bond donors (Lipinski definition) is 1. The number of nitrogens with zero attached hydrogens (tertiary/aromatic N) is 1. The van der Waals surface area contributed by atoms with Crippen LogP contribution in [0.15, 0.2) is 18.3 Å². The molecule has 0 amide bonds. The Bertz CT molecular complexity index is 248. The van der Waals surface area contributed by atoms with E-state index in [2.05, 4.69) is 4.98 Å². The first-order chi connectivity index (χ1) is 5.54. The van der Waals surface area contributed by atoms with Gasteiger partial charge in [-0.05, 0) is 26.0 Å². The molecule has 0 aliphatic carbocycles. The zero-order valence-electron chi connectivity index (χ0n) is 7.66. The van der Waals surface area contributed by atoms with Gasteiger partial charge in [0.05, 0.1) is 24.5 Å². The molecule has 0 aromatic carbocycles. The summed E-state index contributed by atoms with van der Waals surface area (Å²) >= 11 is 0. The van der Waals surface area contributed by atoms with Crippen molar-refractivity contribution in [3.63, 3.8) is 0 Å². The average Bonchev–Trinajstić information content (AvgIpc) is 2.03. The van der Waals surface area contributed by atoms with Crippen LogP contribution < -0.4 is 10.5 Å². The third-order valence-corrected chi connectivity index (χ3v) is 1.63. The molecule has 12 heavy (non-hydrogen) atoms. The van der Waals surface area contributed by atoms with Crippen molar-refractivity contribution in [1.82, 2.24) is 4.98 Å². The van der Waals surface area contributed by atoms with Crippen molar-refractivity contribution < 1.29 is 4.74 Å². The number of pyridine rings is 1. The quantitative estimate of drug-likeness (QED) is 0.720. The van der Waals surface area contributed by atoms with Gasteiger partial charge in [0.2, 0.25) is 0 Å². The standard InChI is InChI=1S/C9H14N2O/c1-9(2,10)8-5-4-7(12-3)6-11-8/h4-6H,10H2,1-3H3. The van der Waals surface area contributed by atoms with Gasteiger partial charge in [0, 0.05) is 0 Å². The maximum atomic E-state index is 5.84. The normalized spacial score (nSPS) is 11.3. The lowest BCUT2D eigenvalue weighted by atomic mass is 10.0. The van der Waals surface area contributed by atoms with E-state index in [1.54, 1.807) is 13.3 Å². The summed E-state index contributed by atoms with van der Waals surface area (Å²) in [7, 11) is 1.62. The first-order valence-electron chi connectivity index (χ1n) is 3.83. The highest BCUT2D eigenvalue weighted by Gasteiger charge is 2.14. The van der Waals surface area contributed by atoms with Crippen LogP contribution >= 0.6 is 0 Å². The van der Waals surface area contributed by atoms with Gasteiger partial charge >= 0.3 is 0 Å². The molecule has 3 nitrogen and oxygen atoms in total. The SMILES string of the molecule is COc1ccc(C(C)(C)N)nc1. The molecule has 1 rings (SSSR count). The average molecular weight is 166 g/mol. The van der Waals surface area contributed by atoms with E-state index in [9.17, 15) is 0 Å². The lowest BCUT2D eigenvalue weighted by Gasteiger charge is -2.17. The molecular formula is C9H14N2O. The van der Waals surface area contributed by atoms with Crippen molar-refractivity contribution in [2.75, 3.05) is 7.11 Å². The van der Waals surface area contributed by atoms with E-state index >= 15 is 0 Å². The van der Waals surface area contributed by atoms with Crippen LogP contribution in [0, 0.1) is 0 Å². The molecule has 0 saturated heterocycles. The van der Waals surface area contributed by atoms with Gasteiger partial charge in [-0.1, -0.05) is 0 Å². The fourth-order valence-corrected chi connectivity index (χ4v) is 0.882. The van der Waals surface area contributed by atoms with E-state index < -0.39 is 0 Å². The van der Waals surface area contributed by atoms with E-state index in [1.807, 2.05) is 26.0 Å². The Kier molecular flexibility index (Phi) is 2.33. The second kappa shape index (κ2) is 3.11. The van der Waals surface area contributed by atoms with Crippen LogP contribution in [0.4, 0.5) is 0 Å². The van der Waals surface area contributed by atoms with Crippen molar-refractivity contribution in [2.45, 2.75) is 19.4 Å². The van der Waals surface area contributed by atoms with Crippen molar-refractivity contribution in [1.29, 1.82) is 0 Å². The summed E-state index contributed by atoms with van der Waals surface area (Å²) < 4.78 is 4.98. The number of aromatic nitrogens is 1. The zero-order chi connectivity index (χ0) is 9.19. The topological polar surface area (TPSA) is 48.1 Å². The van der Waals surface area contributed by atoms with Gasteiger partial charge in [-0.15, -0.1) is 0 Å². The fraction of sp³-hybridized carbons (Fsp3) is 0.444. The molecule has 0 saturated carbocycles. The fourth-order valence-electron chi connectivity index (χ4n) is 0.882. The molecule has 1 aromatic rings. The van der Waals surface area contributed by atoms with Crippen LogP contribution in [0.25, 0.3) is 0 Å². The Morgan fingerprint density at radius 1 is 1.42 bits per heavy atom. The second-order valence-corrected chi connectivity index (χ2v) is 3.30. The molecule has 66 valence electrons. The van der Waals surface area contributed by atoms with Crippen LogP contribution in [0.2, 0.25) is 0 Å². The summed E-state index contributed by atoms with van der Waals surface area (Å²) in [5.74, 6) is 0.753. The van der Waals surface area contributed by atoms with Crippen LogP contribution in [0.5, 0.6) is 5.75 Å². The van der Waals surface area contributed by atoms with Gasteiger partial charge in [0.25, 0.3) is 0 Å². The predicted molar refractivity (Wildman–Crippen MR) is 48.0 cm³/mol. The largest absolute Gasteiger partial charge is 0.495 e. The molecule has 0 bridgehead atoms. The van der Waals surface area contributed by atoms with Crippen LogP contribution in [0.3, 0.4) is 0 Å². The van der Waals surface area contributed by atoms with Crippen molar-refractivity contribution in [3.8, 4) is 5.75 Å². The summed E-state index contributed by atoms with van der Waals surface area (Å²) in [5, 5.41) is 0. The Hall–Kier alpha value is -1.09. The van der Waals surface area contributed by atoms with Crippen LogP contribution in [-0.4, -0.2) is 12.1 Å². The van der Waals surface area contributed by atoms with Crippen LogP contribution in [0.1, 0.15) is 19.5 Å². The third kappa shape index (κ3) is 1.95. The maximum absolute atomic E-state index is 5.84. The number of nitrogens with two attached hydrogens (primary N) is 1.